The van der Waals surface area contributed by atoms with Gasteiger partial charge in [0, 0.05) is 11.6 Å². The van der Waals surface area contributed by atoms with Crippen molar-refractivity contribution in [2.24, 2.45) is 0 Å². The second-order valence-corrected chi connectivity index (χ2v) is 4.26. The van der Waals surface area contributed by atoms with Crippen LogP contribution < -0.4 is 4.74 Å². The molecule has 3 aromatic rings. The summed E-state index contributed by atoms with van der Waals surface area (Å²) in [5.74, 6) is -0.761. The molecule has 20 heavy (non-hydrogen) atoms. The van der Waals surface area contributed by atoms with E-state index in [2.05, 4.69) is 4.98 Å². The standard InChI is InChI=1S/C16H10FNO2/c17-13-8-12(9-18-10-13)16(19)20-15-7-3-5-11-4-1-2-6-14(11)15/h1-10H. The topological polar surface area (TPSA) is 39.2 Å². The van der Waals surface area contributed by atoms with Crippen molar-refractivity contribution in [3.8, 4) is 5.75 Å². The Labute approximate surface area is 114 Å². The predicted molar refractivity (Wildman–Crippen MR) is 73.1 cm³/mol. The van der Waals surface area contributed by atoms with Gasteiger partial charge in [0.05, 0.1) is 11.8 Å². The van der Waals surface area contributed by atoms with Crippen molar-refractivity contribution >= 4 is 16.7 Å². The Morgan fingerprint density at radius 1 is 1.05 bits per heavy atom. The number of aromatic nitrogens is 1. The molecule has 1 heterocycles. The minimum atomic E-state index is -0.631. The molecule has 0 saturated carbocycles. The van der Waals surface area contributed by atoms with Gasteiger partial charge in [0.2, 0.25) is 0 Å². The SMILES string of the molecule is O=C(Oc1cccc2ccccc12)c1cncc(F)c1. The van der Waals surface area contributed by atoms with Crippen molar-refractivity contribution in [3.63, 3.8) is 0 Å². The van der Waals surface area contributed by atoms with Gasteiger partial charge in [0.1, 0.15) is 11.6 Å². The first kappa shape index (κ1) is 12.3. The summed E-state index contributed by atoms with van der Waals surface area (Å²) in [5.41, 5.74) is 0.0814. The second kappa shape index (κ2) is 5.09. The number of halogens is 1. The van der Waals surface area contributed by atoms with Crippen molar-refractivity contribution in [2.45, 2.75) is 0 Å². The lowest BCUT2D eigenvalue weighted by Crippen LogP contribution is -2.09. The van der Waals surface area contributed by atoms with Gasteiger partial charge < -0.3 is 4.74 Å². The van der Waals surface area contributed by atoms with E-state index < -0.39 is 11.8 Å². The number of carbonyl (C=O) groups excluding carboxylic acids is 1. The number of carbonyl (C=O) groups is 1. The first-order chi connectivity index (χ1) is 9.74. The molecule has 0 spiro atoms. The quantitative estimate of drug-likeness (QED) is 0.526. The molecule has 0 aliphatic carbocycles. The Morgan fingerprint density at radius 3 is 2.70 bits per heavy atom. The Morgan fingerprint density at radius 2 is 1.85 bits per heavy atom. The number of hydrogen-bond acceptors (Lipinski definition) is 3. The highest BCUT2D eigenvalue weighted by Gasteiger charge is 2.11. The van der Waals surface area contributed by atoms with Gasteiger partial charge in [-0.3, -0.25) is 4.98 Å². The number of pyridine rings is 1. The van der Waals surface area contributed by atoms with Crippen molar-refractivity contribution in [1.29, 1.82) is 0 Å². The summed E-state index contributed by atoms with van der Waals surface area (Å²) < 4.78 is 18.4. The Balaban J connectivity index is 1.95. The van der Waals surface area contributed by atoms with E-state index in [9.17, 15) is 9.18 Å². The first-order valence-electron chi connectivity index (χ1n) is 6.04. The number of esters is 1. The van der Waals surface area contributed by atoms with Crippen LogP contribution in [0.2, 0.25) is 0 Å². The van der Waals surface area contributed by atoms with Crippen LogP contribution in [0.15, 0.2) is 60.9 Å². The zero-order valence-electron chi connectivity index (χ0n) is 10.4. The summed E-state index contributed by atoms with van der Waals surface area (Å²) in [5, 5.41) is 1.79. The van der Waals surface area contributed by atoms with Gasteiger partial charge in [-0.05, 0) is 17.5 Å². The molecule has 1 aromatic heterocycles. The minimum absolute atomic E-state index is 0.0814. The molecule has 0 unspecified atom stereocenters. The molecule has 0 saturated heterocycles. The number of nitrogens with zero attached hydrogens (tertiary/aromatic N) is 1. The molecule has 0 bridgehead atoms. The van der Waals surface area contributed by atoms with E-state index in [0.29, 0.717) is 5.75 Å². The van der Waals surface area contributed by atoms with Gasteiger partial charge in [-0.25, -0.2) is 9.18 Å². The molecule has 0 atom stereocenters. The zero-order chi connectivity index (χ0) is 13.9. The van der Waals surface area contributed by atoms with Gasteiger partial charge >= 0.3 is 5.97 Å². The van der Waals surface area contributed by atoms with Crippen molar-refractivity contribution in [2.75, 3.05) is 0 Å². The van der Waals surface area contributed by atoms with E-state index in [1.54, 1.807) is 12.1 Å². The molecule has 98 valence electrons. The maximum absolute atomic E-state index is 13.0. The van der Waals surface area contributed by atoms with Gasteiger partial charge in [-0.1, -0.05) is 36.4 Å². The molecule has 0 fully saturated rings. The summed E-state index contributed by atoms with van der Waals surface area (Å²) >= 11 is 0. The average Bonchev–Trinajstić information content (AvgIpc) is 2.47. The van der Waals surface area contributed by atoms with Crippen LogP contribution in [0.1, 0.15) is 10.4 Å². The molecule has 2 aromatic carbocycles. The van der Waals surface area contributed by atoms with Crippen LogP contribution in [0.5, 0.6) is 5.75 Å². The summed E-state index contributed by atoms with van der Waals surface area (Å²) in [4.78, 5) is 15.6. The maximum atomic E-state index is 13.0. The second-order valence-electron chi connectivity index (χ2n) is 4.26. The summed E-state index contributed by atoms with van der Waals surface area (Å²) in [6.45, 7) is 0. The monoisotopic (exact) mass is 267 g/mol. The predicted octanol–water partition coefficient (Wildman–Crippen LogP) is 3.59. The van der Waals surface area contributed by atoms with Gasteiger partial charge in [0.15, 0.2) is 0 Å². The number of ether oxygens (including phenoxy) is 1. The largest absolute Gasteiger partial charge is 0.422 e. The Hall–Kier alpha value is -2.75. The molecular formula is C16H10FNO2. The number of rotatable bonds is 2. The smallest absolute Gasteiger partial charge is 0.345 e. The van der Waals surface area contributed by atoms with Gasteiger partial charge in [-0.2, -0.15) is 0 Å². The Bertz CT molecular complexity index is 781. The zero-order valence-corrected chi connectivity index (χ0v) is 10.4. The lowest BCUT2D eigenvalue weighted by Gasteiger charge is -2.07. The fraction of sp³-hybridized carbons (Fsp3) is 0. The van der Waals surface area contributed by atoms with E-state index in [4.69, 9.17) is 4.74 Å². The third-order valence-corrected chi connectivity index (χ3v) is 2.89. The van der Waals surface area contributed by atoms with Crippen LogP contribution in [0.3, 0.4) is 0 Å². The maximum Gasteiger partial charge on any atom is 0.345 e. The molecule has 3 rings (SSSR count). The molecule has 0 aliphatic heterocycles. The van der Waals surface area contributed by atoms with Crippen LogP contribution in [-0.4, -0.2) is 11.0 Å². The third-order valence-electron chi connectivity index (χ3n) is 2.89. The molecule has 0 aliphatic rings. The van der Waals surface area contributed by atoms with Crippen LogP contribution in [-0.2, 0) is 0 Å². The van der Waals surface area contributed by atoms with Crippen LogP contribution in [0.4, 0.5) is 4.39 Å². The summed E-state index contributed by atoms with van der Waals surface area (Å²) in [6, 6.07) is 14.1. The van der Waals surface area contributed by atoms with Crippen LogP contribution >= 0.6 is 0 Å². The highest BCUT2D eigenvalue weighted by Crippen LogP contribution is 2.25. The summed E-state index contributed by atoms with van der Waals surface area (Å²) in [7, 11) is 0. The van der Waals surface area contributed by atoms with Crippen molar-refractivity contribution < 1.29 is 13.9 Å². The fourth-order valence-electron chi connectivity index (χ4n) is 1.97. The molecule has 0 radical (unpaired) electrons. The van der Waals surface area contributed by atoms with Crippen LogP contribution in [0.25, 0.3) is 10.8 Å². The molecule has 0 N–H and O–H groups in total. The van der Waals surface area contributed by atoms with E-state index in [0.717, 1.165) is 23.0 Å². The average molecular weight is 267 g/mol. The van der Waals surface area contributed by atoms with E-state index >= 15 is 0 Å². The lowest BCUT2D eigenvalue weighted by atomic mass is 10.1. The molecule has 4 heteroatoms. The normalized spacial score (nSPS) is 10.4. The van der Waals surface area contributed by atoms with Crippen molar-refractivity contribution in [1.82, 2.24) is 4.98 Å². The summed E-state index contributed by atoms with van der Waals surface area (Å²) in [6.07, 6.45) is 2.31. The van der Waals surface area contributed by atoms with Crippen molar-refractivity contribution in [3.05, 3.63) is 72.3 Å². The number of fused-ring (bicyclic) bond motifs is 1. The minimum Gasteiger partial charge on any atom is -0.422 e. The molecular weight excluding hydrogens is 257 g/mol. The third kappa shape index (κ3) is 2.36. The Kier molecular flexibility index (Phi) is 3.13. The van der Waals surface area contributed by atoms with E-state index in [-0.39, 0.29) is 5.56 Å². The first-order valence-corrected chi connectivity index (χ1v) is 6.04. The highest BCUT2D eigenvalue weighted by molar-refractivity contribution is 5.95. The lowest BCUT2D eigenvalue weighted by molar-refractivity contribution is 0.0736. The number of benzene rings is 2. The molecule has 0 amide bonds. The fourth-order valence-corrected chi connectivity index (χ4v) is 1.97. The van der Waals surface area contributed by atoms with Gasteiger partial charge in [0.25, 0.3) is 0 Å². The highest BCUT2D eigenvalue weighted by atomic mass is 19.1. The van der Waals surface area contributed by atoms with Crippen LogP contribution in [0, 0.1) is 5.82 Å². The van der Waals surface area contributed by atoms with E-state index in [1.165, 1.54) is 6.20 Å². The number of hydrogen-bond donors (Lipinski definition) is 0. The van der Waals surface area contributed by atoms with E-state index in [1.807, 2.05) is 30.3 Å². The molecule has 3 nitrogen and oxygen atoms in total. The van der Waals surface area contributed by atoms with Gasteiger partial charge in [-0.15, -0.1) is 0 Å².